The lowest BCUT2D eigenvalue weighted by Gasteiger charge is -2.36. The molecular weight excluding hydrogens is 592 g/mol. The Labute approximate surface area is 276 Å². The van der Waals surface area contributed by atoms with Crippen LogP contribution in [-0.4, -0.2) is 126 Å². The minimum absolute atomic E-state index is 0.00498. The zero-order valence-electron chi connectivity index (χ0n) is 29.6. The van der Waals surface area contributed by atoms with E-state index in [2.05, 4.69) is 0 Å². The van der Waals surface area contributed by atoms with Crippen LogP contribution in [0.15, 0.2) is 36.0 Å². The van der Waals surface area contributed by atoms with E-state index in [0.717, 1.165) is 5.57 Å². The molecule has 0 aromatic carbocycles. The standard InChI is InChI=1S/C35H60N2O9/c1-11-27(39)25(4)32-28(44-32)22-34(5,42)17-12-13-23(2)31-24(3)14-15-29(45-33(41)37(9)20-19-36(7)8)35(6,43-10)18-16-26(38)21-30(40)46-31/h12-15,17,24-29,31-32,38-39,42H,11,16,18-22H2,1-10H3/b15-14-,17-12+,23-13+/t24?,25?,26?,27?,28?,29-,31+,32?,34?,35?/m0/s1. The van der Waals surface area contributed by atoms with Crippen LogP contribution in [0.25, 0.3) is 0 Å². The van der Waals surface area contributed by atoms with Gasteiger partial charge >= 0.3 is 12.1 Å². The normalized spacial score (nSPS) is 32.9. The fourth-order valence-corrected chi connectivity index (χ4v) is 5.65. The summed E-state index contributed by atoms with van der Waals surface area (Å²) in [6, 6.07) is 0. The molecule has 2 aliphatic heterocycles. The number of hydrogen-bond donors (Lipinski definition) is 3. The van der Waals surface area contributed by atoms with E-state index in [1.807, 2.05) is 59.7 Å². The molecular formula is C35H60N2O9. The number of aliphatic hydroxyl groups is 3. The topological polar surface area (TPSA) is 142 Å². The van der Waals surface area contributed by atoms with Gasteiger partial charge in [0.25, 0.3) is 0 Å². The van der Waals surface area contributed by atoms with Crippen LogP contribution in [0.5, 0.6) is 0 Å². The number of likely N-dealkylation sites (N-methyl/N-ethyl adjacent to an activating group) is 2. The molecule has 0 saturated carbocycles. The van der Waals surface area contributed by atoms with Crippen molar-refractivity contribution in [2.24, 2.45) is 11.8 Å². The van der Waals surface area contributed by atoms with E-state index >= 15 is 0 Å². The summed E-state index contributed by atoms with van der Waals surface area (Å²) in [6.45, 7) is 12.3. The third kappa shape index (κ3) is 12.4. The Balaban J connectivity index is 2.26. The van der Waals surface area contributed by atoms with Crippen molar-refractivity contribution in [1.82, 2.24) is 9.80 Å². The minimum Gasteiger partial charge on any atom is -0.457 e. The number of methoxy groups -OCH3 is 1. The average Bonchev–Trinajstić information content (AvgIpc) is 3.75. The van der Waals surface area contributed by atoms with E-state index in [4.69, 9.17) is 18.9 Å². The Morgan fingerprint density at radius 1 is 1.26 bits per heavy atom. The van der Waals surface area contributed by atoms with Gasteiger partial charge in [-0.1, -0.05) is 45.1 Å². The van der Waals surface area contributed by atoms with Crippen LogP contribution in [-0.2, 0) is 23.7 Å². The second-order valence-corrected chi connectivity index (χ2v) is 13.9. The fourth-order valence-electron chi connectivity index (χ4n) is 5.65. The molecule has 10 atom stereocenters. The van der Waals surface area contributed by atoms with Crippen LogP contribution >= 0.6 is 0 Å². The number of amides is 1. The summed E-state index contributed by atoms with van der Waals surface area (Å²) in [7, 11) is 7.09. The summed E-state index contributed by atoms with van der Waals surface area (Å²) in [6.07, 6.45) is 6.75. The van der Waals surface area contributed by atoms with E-state index in [0.29, 0.717) is 32.4 Å². The summed E-state index contributed by atoms with van der Waals surface area (Å²) in [5, 5.41) is 31.8. The Morgan fingerprint density at radius 2 is 1.93 bits per heavy atom. The van der Waals surface area contributed by atoms with Gasteiger partial charge in [0.05, 0.1) is 36.4 Å². The number of epoxide rings is 1. The maximum Gasteiger partial charge on any atom is 0.410 e. The first-order chi connectivity index (χ1) is 21.4. The number of nitrogens with zero attached hydrogens (tertiary/aromatic N) is 2. The summed E-state index contributed by atoms with van der Waals surface area (Å²) in [5.41, 5.74) is -1.37. The third-order valence-electron chi connectivity index (χ3n) is 9.23. The SMILES string of the molecule is CCC(O)C(C)C1OC1CC(C)(O)/C=C/C=C(\C)[C@H]1OC(=O)CC(O)CCC(C)(OC)[C@@H](OC(=O)N(C)CCN(C)C)/C=C\C1C. The number of aliphatic hydroxyl groups excluding tert-OH is 2. The second-order valence-electron chi connectivity index (χ2n) is 13.9. The zero-order valence-corrected chi connectivity index (χ0v) is 29.6. The Hall–Kier alpha value is -2.28. The number of allylic oxidation sites excluding steroid dienone is 2. The predicted molar refractivity (Wildman–Crippen MR) is 177 cm³/mol. The number of esters is 1. The number of ether oxygens (including phenoxy) is 4. The van der Waals surface area contributed by atoms with E-state index < -0.39 is 47.7 Å². The molecule has 11 nitrogen and oxygen atoms in total. The first-order valence-corrected chi connectivity index (χ1v) is 16.5. The van der Waals surface area contributed by atoms with E-state index in [9.17, 15) is 24.9 Å². The summed E-state index contributed by atoms with van der Waals surface area (Å²) in [5.74, 6) is -0.854. The lowest BCUT2D eigenvalue weighted by Crippen LogP contribution is -2.46. The number of cyclic esters (lactones) is 1. The van der Waals surface area contributed by atoms with Gasteiger partial charge in [-0.15, -0.1) is 0 Å². The first-order valence-electron chi connectivity index (χ1n) is 16.5. The van der Waals surface area contributed by atoms with Crippen molar-refractivity contribution in [3.8, 4) is 0 Å². The Kier molecular flexibility index (Phi) is 15.4. The first kappa shape index (κ1) is 39.9. The molecule has 0 aromatic heterocycles. The van der Waals surface area contributed by atoms with Gasteiger partial charge < -0.3 is 44.1 Å². The third-order valence-corrected chi connectivity index (χ3v) is 9.23. The summed E-state index contributed by atoms with van der Waals surface area (Å²) < 4.78 is 23.5. The number of carbonyl (C=O) groups excluding carboxylic acids is 2. The molecule has 2 heterocycles. The number of rotatable bonds is 13. The highest BCUT2D eigenvalue weighted by molar-refractivity contribution is 5.70. The molecule has 0 spiro atoms. The quantitative estimate of drug-likeness (QED) is 0.116. The lowest BCUT2D eigenvalue weighted by molar-refractivity contribution is -0.151. The highest BCUT2D eigenvalue weighted by atomic mass is 16.6. The van der Waals surface area contributed by atoms with Crippen molar-refractivity contribution in [3.05, 3.63) is 36.0 Å². The van der Waals surface area contributed by atoms with Crippen LogP contribution in [0, 0.1) is 11.8 Å². The maximum atomic E-state index is 13.0. The van der Waals surface area contributed by atoms with Crippen molar-refractivity contribution in [3.63, 3.8) is 0 Å². The largest absolute Gasteiger partial charge is 0.457 e. The molecule has 8 unspecified atom stereocenters. The molecule has 46 heavy (non-hydrogen) atoms. The fraction of sp³-hybridized carbons (Fsp3) is 0.771. The summed E-state index contributed by atoms with van der Waals surface area (Å²) >= 11 is 0. The second kappa shape index (κ2) is 17.8. The molecule has 0 aliphatic carbocycles. The number of carbonyl (C=O) groups is 2. The van der Waals surface area contributed by atoms with Gasteiger partial charge in [0.15, 0.2) is 6.10 Å². The van der Waals surface area contributed by atoms with Crippen molar-refractivity contribution < 1.29 is 43.9 Å². The highest BCUT2D eigenvalue weighted by Crippen LogP contribution is 2.37. The minimum atomic E-state index is -1.15. The van der Waals surface area contributed by atoms with Gasteiger partial charge in [0.2, 0.25) is 0 Å². The van der Waals surface area contributed by atoms with Crippen molar-refractivity contribution >= 4 is 12.1 Å². The number of hydrogen-bond acceptors (Lipinski definition) is 10. The molecule has 3 N–H and O–H groups in total. The molecule has 1 saturated heterocycles. The molecule has 2 aliphatic rings. The molecule has 1 amide bonds. The lowest BCUT2D eigenvalue weighted by atomic mass is 9.88. The van der Waals surface area contributed by atoms with Crippen LogP contribution < -0.4 is 0 Å². The molecule has 2 rings (SSSR count). The molecule has 1 fully saturated rings. The highest BCUT2D eigenvalue weighted by Gasteiger charge is 2.47. The van der Waals surface area contributed by atoms with Gasteiger partial charge in [-0.25, -0.2) is 4.79 Å². The molecule has 0 bridgehead atoms. The van der Waals surface area contributed by atoms with Crippen LogP contribution in [0.3, 0.4) is 0 Å². The van der Waals surface area contributed by atoms with Crippen LogP contribution in [0.1, 0.15) is 73.6 Å². The molecule has 0 radical (unpaired) electrons. The van der Waals surface area contributed by atoms with Gasteiger partial charge in [-0.2, -0.15) is 0 Å². The Bertz CT molecular complexity index is 1070. The van der Waals surface area contributed by atoms with E-state index in [1.165, 1.54) is 4.90 Å². The Morgan fingerprint density at radius 3 is 2.54 bits per heavy atom. The van der Waals surface area contributed by atoms with Crippen molar-refractivity contribution in [2.75, 3.05) is 41.3 Å². The van der Waals surface area contributed by atoms with Crippen LogP contribution in [0.2, 0.25) is 0 Å². The molecule has 0 aromatic rings. The maximum absolute atomic E-state index is 13.0. The monoisotopic (exact) mass is 652 g/mol. The van der Waals surface area contributed by atoms with Crippen LogP contribution in [0.4, 0.5) is 4.79 Å². The molecule has 264 valence electrons. The summed E-state index contributed by atoms with van der Waals surface area (Å²) in [4.78, 5) is 29.4. The van der Waals surface area contributed by atoms with E-state index in [-0.39, 0.29) is 36.9 Å². The van der Waals surface area contributed by atoms with Gasteiger partial charge in [0.1, 0.15) is 11.7 Å². The van der Waals surface area contributed by atoms with Crippen molar-refractivity contribution in [1.29, 1.82) is 0 Å². The van der Waals surface area contributed by atoms with Crippen molar-refractivity contribution in [2.45, 2.75) is 121 Å². The van der Waals surface area contributed by atoms with Gasteiger partial charge in [-0.05, 0) is 65.8 Å². The predicted octanol–water partition coefficient (Wildman–Crippen LogP) is 3.86. The average molecular weight is 653 g/mol. The van der Waals surface area contributed by atoms with Gasteiger partial charge in [-0.3, -0.25) is 4.79 Å². The molecule has 11 heteroatoms. The zero-order chi connectivity index (χ0) is 34.8. The van der Waals surface area contributed by atoms with E-state index in [1.54, 1.807) is 45.4 Å². The van der Waals surface area contributed by atoms with Gasteiger partial charge in [0, 0.05) is 45.5 Å². The smallest absolute Gasteiger partial charge is 0.410 e.